The van der Waals surface area contributed by atoms with Crippen LogP contribution in [0.5, 0.6) is 5.75 Å². The first kappa shape index (κ1) is 12.7. The Hall–Kier alpha value is -2.33. The maximum atomic E-state index is 6.07. The van der Waals surface area contributed by atoms with E-state index in [9.17, 15) is 0 Å². The normalized spacial score (nSPS) is 10.4. The van der Waals surface area contributed by atoms with Crippen LogP contribution in [-0.4, -0.2) is 10.1 Å². The Balaban J connectivity index is 1.68. The van der Waals surface area contributed by atoms with Crippen LogP contribution in [0.25, 0.3) is 11.4 Å². The molecule has 0 radical (unpaired) electrons. The van der Waals surface area contributed by atoms with Crippen LogP contribution < -0.4 is 4.74 Å². The fraction of sp³-hybridized carbons (Fsp3) is 0.0667. The Labute approximate surface area is 121 Å². The van der Waals surface area contributed by atoms with Gasteiger partial charge in [-0.15, -0.1) is 0 Å². The third-order valence-corrected chi connectivity index (χ3v) is 3.16. The van der Waals surface area contributed by atoms with Gasteiger partial charge in [-0.25, -0.2) is 0 Å². The van der Waals surface area contributed by atoms with Crippen LogP contribution in [0.4, 0.5) is 0 Å². The summed E-state index contributed by atoms with van der Waals surface area (Å²) in [4.78, 5) is 4.28. The first-order valence-electron chi connectivity index (χ1n) is 6.06. The van der Waals surface area contributed by atoms with Gasteiger partial charge in [-0.05, 0) is 18.2 Å². The number of halogens is 1. The molecule has 0 spiro atoms. The summed E-state index contributed by atoms with van der Waals surface area (Å²) in [6, 6.07) is 13.0. The van der Waals surface area contributed by atoms with Gasteiger partial charge in [0.15, 0.2) is 0 Å². The van der Waals surface area contributed by atoms with Crippen LogP contribution in [0.2, 0.25) is 5.02 Å². The lowest BCUT2D eigenvalue weighted by Gasteiger charge is -2.07. The summed E-state index contributed by atoms with van der Waals surface area (Å²) in [7, 11) is 0. The molecule has 100 valence electrons. The summed E-state index contributed by atoms with van der Waals surface area (Å²) >= 11 is 6.07. The zero-order valence-corrected chi connectivity index (χ0v) is 11.2. The molecule has 3 rings (SSSR count). The molecule has 0 atom stereocenters. The van der Waals surface area contributed by atoms with Gasteiger partial charge in [0.25, 0.3) is 0 Å². The quantitative estimate of drug-likeness (QED) is 0.728. The molecule has 0 fully saturated rings. The van der Waals surface area contributed by atoms with Gasteiger partial charge in [0.2, 0.25) is 0 Å². The monoisotopic (exact) mass is 286 g/mol. The van der Waals surface area contributed by atoms with Crippen molar-refractivity contribution in [2.24, 2.45) is 0 Å². The fourth-order valence-corrected chi connectivity index (χ4v) is 1.93. The lowest BCUT2D eigenvalue weighted by Crippen LogP contribution is -1.96. The summed E-state index contributed by atoms with van der Waals surface area (Å²) in [5.41, 5.74) is 2.38. The van der Waals surface area contributed by atoms with Crippen LogP contribution in [0, 0.1) is 0 Å². The van der Waals surface area contributed by atoms with Crippen LogP contribution in [-0.2, 0) is 6.61 Å². The Morgan fingerprint density at radius 1 is 1.05 bits per heavy atom. The second-order valence-electron chi connectivity index (χ2n) is 4.14. The third-order valence-electron chi connectivity index (χ3n) is 2.79. The Kier molecular flexibility index (Phi) is 3.65. The molecule has 0 bridgehead atoms. The molecule has 0 unspecified atom stereocenters. The number of ether oxygens (including phenoxy) is 1. The Morgan fingerprint density at radius 2 is 1.95 bits per heavy atom. The van der Waals surface area contributed by atoms with E-state index in [0.29, 0.717) is 23.1 Å². The summed E-state index contributed by atoms with van der Waals surface area (Å²) in [5.74, 6) is 0.678. The van der Waals surface area contributed by atoms with Gasteiger partial charge in [0, 0.05) is 16.7 Å². The Morgan fingerprint density at radius 3 is 2.65 bits per heavy atom. The standard InChI is InChI=1S/C15H11ClN2O2/c16-13-4-2-1-3-11(13)10-19-12-5-6-14(17-9-12)15-7-8-20-18-15/h1-9H,10H2. The molecule has 0 saturated carbocycles. The molecule has 4 nitrogen and oxygen atoms in total. The molecule has 3 aromatic rings. The van der Waals surface area contributed by atoms with Crippen LogP contribution in [0.1, 0.15) is 5.56 Å². The van der Waals surface area contributed by atoms with Gasteiger partial charge in [-0.1, -0.05) is 35.0 Å². The smallest absolute Gasteiger partial charge is 0.138 e. The molecule has 2 heterocycles. The minimum atomic E-state index is 0.407. The third kappa shape index (κ3) is 2.81. The summed E-state index contributed by atoms with van der Waals surface area (Å²) in [6.45, 7) is 0.407. The highest BCUT2D eigenvalue weighted by Gasteiger charge is 2.04. The van der Waals surface area contributed by atoms with E-state index in [0.717, 1.165) is 11.3 Å². The maximum Gasteiger partial charge on any atom is 0.138 e. The lowest BCUT2D eigenvalue weighted by atomic mass is 10.2. The highest BCUT2D eigenvalue weighted by atomic mass is 35.5. The number of nitrogens with zero attached hydrogens (tertiary/aromatic N) is 2. The second-order valence-corrected chi connectivity index (χ2v) is 4.55. The zero-order valence-electron chi connectivity index (χ0n) is 10.5. The van der Waals surface area contributed by atoms with Crippen LogP contribution in [0.15, 0.2) is 59.4 Å². The molecule has 20 heavy (non-hydrogen) atoms. The van der Waals surface area contributed by atoms with E-state index in [1.54, 1.807) is 12.3 Å². The number of aromatic nitrogens is 2. The molecule has 5 heteroatoms. The average molecular weight is 287 g/mol. The molecule has 0 aliphatic rings. The number of rotatable bonds is 4. The van der Waals surface area contributed by atoms with E-state index in [-0.39, 0.29) is 0 Å². The van der Waals surface area contributed by atoms with Crippen LogP contribution in [0.3, 0.4) is 0 Å². The zero-order chi connectivity index (χ0) is 13.8. The topological polar surface area (TPSA) is 48.2 Å². The maximum absolute atomic E-state index is 6.07. The first-order valence-corrected chi connectivity index (χ1v) is 6.44. The van der Waals surface area contributed by atoms with Crippen LogP contribution >= 0.6 is 11.6 Å². The van der Waals surface area contributed by atoms with Crippen molar-refractivity contribution in [2.45, 2.75) is 6.61 Å². The van der Waals surface area contributed by atoms with Crippen molar-refractivity contribution in [1.82, 2.24) is 10.1 Å². The molecule has 1 aromatic carbocycles. The number of hydrogen-bond donors (Lipinski definition) is 0. The number of hydrogen-bond acceptors (Lipinski definition) is 4. The Bertz CT molecular complexity index is 681. The van der Waals surface area contributed by atoms with E-state index in [2.05, 4.69) is 10.1 Å². The van der Waals surface area contributed by atoms with Gasteiger partial charge >= 0.3 is 0 Å². The van der Waals surface area contributed by atoms with E-state index < -0.39 is 0 Å². The van der Waals surface area contributed by atoms with Gasteiger partial charge in [0.05, 0.1) is 11.9 Å². The van der Waals surface area contributed by atoms with Gasteiger partial charge < -0.3 is 9.26 Å². The van der Waals surface area contributed by atoms with Gasteiger partial charge in [0.1, 0.15) is 24.3 Å². The molecule has 0 aliphatic heterocycles. The molecular formula is C15H11ClN2O2. The van der Waals surface area contributed by atoms with E-state index in [4.69, 9.17) is 20.9 Å². The largest absolute Gasteiger partial charge is 0.487 e. The SMILES string of the molecule is Clc1ccccc1COc1ccc(-c2ccon2)nc1. The van der Waals surface area contributed by atoms with Gasteiger partial charge in [-0.3, -0.25) is 4.98 Å². The van der Waals surface area contributed by atoms with Gasteiger partial charge in [-0.2, -0.15) is 0 Å². The predicted molar refractivity (Wildman–Crippen MR) is 75.5 cm³/mol. The summed E-state index contributed by atoms with van der Waals surface area (Å²) in [5, 5.41) is 4.52. The molecular weight excluding hydrogens is 276 g/mol. The van der Waals surface area contributed by atoms with E-state index in [1.807, 2.05) is 36.4 Å². The van der Waals surface area contributed by atoms with E-state index >= 15 is 0 Å². The number of benzene rings is 1. The number of pyridine rings is 1. The van der Waals surface area contributed by atoms with Crippen molar-refractivity contribution in [2.75, 3.05) is 0 Å². The highest BCUT2D eigenvalue weighted by molar-refractivity contribution is 6.31. The van der Waals surface area contributed by atoms with Crippen molar-refractivity contribution in [1.29, 1.82) is 0 Å². The van der Waals surface area contributed by atoms with Crippen molar-refractivity contribution in [3.63, 3.8) is 0 Å². The average Bonchev–Trinajstić information content (AvgIpc) is 3.01. The minimum absolute atomic E-state index is 0.407. The fourth-order valence-electron chi connectivity index (χ4n) is 1.74. The molecule has 0 amide bonds. The summed E-state index contributed by atoms with van der Waals surface area (Å²) < 4.78 is 10.4. The molecule has 0 saturated heterocycles. The first-order chi connectivity index (χ1) is 9.83. The van der Waals surface area contributed by atoms with Crippen molar-refractivity contribution < 1.29 is 9.26 Å². The predicted octanol–water partition coefficient (Wildman–Crippen LogP) is 3.97. The molecule has 0 N–H and O–H groups in total. The highest BCUT2D eigenvalue weighted by Crippen LogP contribution is 2.20. The molecule has 0 aliphatic carbocycles. The lowest BCUT2D eigenvalue weighted by molar-refractivity contribution is 0.305. The van der Waals surface area contributed by atoms with Crippen molar-refractivity contribution in [3.8, 4) is 17.1 Å². The van der Waals surface area contributed by atoms with E-state index in [1.165, 1.54) is 6.26 Å². The second kappa shape index (κ2) is 5.75. The molecule has 2 aromatic heterocycles. The van der Waals surface area contributed by atoms with Crippen molar-refractivity contribution >= 4 is 11.6 Å². The van der Waals surface area contributed by atoms with Crippen molar-refractivity contribution in [3.05, 3.63) is 65.5 Å². The minimum Gasteiger partial charge on any atom is -0.487 e. The summed E-state index contributed by atoms with van der Waals surface area (Å²) in [6.07, 6.45) is 3.17.